The first-order valence-electron chi connectivity index (χ1n) is 3.61. The van der Waals surface area contributed by atoms with Crippen LogP contribution >= 0.6 is 0 Å². The molecule has 0 rings (SSSR count). The van der Waals surface area contributed by atoms with Crippen LogP contribution in [0.4, 0.5) is 0 Å². The summed E-state index contributed by atoms with van der Waals surface area (Å²) in [6.07, 6.45) is 0.0812. The number of ether oxygens (including phenoxy) is 1. The van der Waals surface area contributed by atoms with E-state index in [2.05, 4.69) is 11.3 Å². The van der Waals surface area contributed by atoms with E-state index in [1.807, 2.05) is 0 Å². The van der Waals surface area contributed by atoms with Gasteiger partial charge in [-0.3, -0.25) is 4.55 Å². The molecule has 0 aliphatic heterocycles. The standard InChI is InChI=1S/C7H12O5S.Na.H/c1-6(2)7(8)12-4-3-5-13(9,10)11;;/h1,3-5H2,2H3,(H,9,10,11);;/q;+1;-1. The minimum atomic E-state index is -3.96. The molecular formula is C7H13NaO5S. The molecule has 0 amide bonds. The maximum absolute atomic E-state index is 10.7. The van der Waals surface area contributed by atoms with Crippen molar-refractivity contribution < 1.29 is 53.5 Å². The van der Waals surface area contributed by atoms with Crippen molar-refractivity contribution in [2.75, 3.05) is 12.4 Å². The van der Waals surface area contributed by atoms with Gasteiger partial charge >= 0.3 is 35.5 Å². The van der Waals surface area contributed by atoms with Crippen LogP contribution in [0.1, 0.15) is 14.8 Å². The molecule has 0 spiro atoms. The Morgan fingerprint density at radius 1 is 1.57 bits per heavy atom. The SMILES string of the molecule is C=C(C)C(=O)OCCCS(=O)(=O)O.[H-].[Na+]. The van der Waals surface area contributed by atoms with E-state index in [9.17, 15) is 13.2 Å². The maximum Gasteiger partial charge on any atom is 1.00 e. The molecule has 0 aliphatic carbocycles. The van der Waals surface area contributed by atoms with Crippen LogP contribution in [0.15, 0.2) is 12.2 Å². The molecule has 0 radical (unpaired) electrons. The van der Waals surface area contributed by atoms with Crippen LogP contribution in [-0.4, -0.2) is 31.3 Å². The number of carbonyl (C=O) groups is 1. The van der Waals surface area contributed by atoms with E-state index in [0.29, 0.717) is 0 Å². The van der Waals surface area contributed by atoms with Crippen molar-refractivity contribution in [2.24, 2.45) is 0 Å². The summed E-state index contributed by atoms with van der Waals surface area (Å²) in [7, 11) is -3.96. The molecule has 0 saturated carbocycles. The van der Waals surface area contributed by atoms with Gasteiger partial charge in [-0.25, -0.2) is 4.79 Å². The Bertz CT molecular complexity index is 301. The van der Waals surface area contributed by atoms with Crippen molar-refractivity contribution in [1.29, 1.82) is 0 Å². The molecule has 14 heavy (non-hydrogen) atoms. The van der Waals surface area contributed by atoms with Gasteiger partial charge in [0.2, 0.25) is 0 Å². The van der Waals surface area contributed by atoms with E-state index >= 15 is 0 Å². The van der Waals surface area contributed by atoms with Gasteiger partial charge in [0.1, 0.15) is 0 Å². The van der Waals surface area contributed by atoms with Crippen molar-refractivity contribution in [2.45, 2.75) is 13.3 Å². The van der Waals surface area contributed by atoms with Gasteiger partial charge in [0.05, 0.1) is 12.4 Å². The van der Waals surface area contributed by atoms with E-state index in [1.54, 1.807) is 0 Å². The summed E-state index contributed by atoms with van der Waals surface area (Å²) in [5.74, 6) is -0.966. The molecule has 0 atom stereocenters. The summed E-state index contributed by atoms with van der Waals surface area (Å²) in [6.45, 7) is 4.80. The monoisotopic (exact) mass is 232 g/mol. The van der Waals surface area contributed by atoms with Gasteiger partial charge in [0, 0.05) is 5.57 Å². The zero-order valence-corrected chi connectivity index (χ0v) is 11.1. The first-order chi connectivity index (χ1) is 5.83. The zero-order chi connectivity index (χ0) is 10.5. The Kier molecular flexibility index (Phi) is 8.77. The Morgan fingerprint density at radius 2 is 2.07 bits per heavy atom. The molecule has 0 aliphatic rings. The molecular weight excluding hydrogens is 219 g/mol. The number of esters is 1. The molecule has 0 aromatic rings. The normalized spacial score (nSPS) is 10.1. The van der Waals surface area contributed by atoms with Crippen molar-refractivity contribution in [3.05, 3.63) is 12.2 Å². The first kappa shape index (κ1) is 16.5. The molecule has 5 nitrogen and oxygen atoms in total. The predicted molar refractivity (Wildman–Crippen MR) is 47.9 cm³/mol. The van der Waals surface area contributed by atoms with Crippen LogP contribution in [0.2, 0.25) is 0 Å². The number of carbonyl (C=O) groups excluding carboxylic acids is 1. The van der Waals surface area contributed by atoms with Gasteiger partial charge in [0.25, 0.3) is 10.1 Å². The van der Waals surface area contributed by atoms with E-state index in [4.69, 9.17) is 4.55 Å². The molecule has 0 heterocycles. The third kappa shape index (κ3) is 10.2. The molecule has 0 bridgehead atoms. The fourth-order valence-electron chi connectivity index (χ4n) is 0.529. The molecule has 1 N–H and O–H groups in total. The molecule has 0 fully saturated rings. The van der Waals surface area contributed by atoms with Crippen LogP contribution < -0.4 is 29.6 Å². The summed E-state index contributed by atoms with van der Waals surface area (Å²) < 4.78 is 33.3. The van der Waals surface area contributed by atoms with Gasteiger partial charge in [0.15, 0.2) is 0 Å². The van der Waals surface area contributed by atoms with Gasteiger partial charge in [-0.1, -0.05) is 6.58 Å². The Morgan fingerprint density at radius 3 is 2.43 bits per heavy atom. The minimum absolute atomic E-state index is 0. The van der Waals surface area contributed by atoms with Crippen LogP contribution in [0.25, 0.3) is 0 Å². The van der Waals surface area contributed by atoms with Crippen LogP contribution in [-0.2, 0) is 19.6 Å². The predicted octanol–water partition coefficient (Wildman–Crippen LogP) is -2.50. The Balaban J connectivity index is -0.000000720. The van der Waals surface area contributed by atoms with E-state index < -0.39 is 21.8 Å². The molecule has 0 saturated heterocycles. The van der Waals surface area contributed by atoms with Crippen molar-refractivity contribution in [1.82, 2.24) is 0 Å². The zero-order valence-electron chi connectivity index (χ0n) is 9.32. The summed E-state index contributed by atoms with van der Waals surface area (Å²) in [5.41, 5.74) is 0.256. The summed E-state index contributed by atoms with van der Waals surface area (Å²) >= 11 is 0. The van der Waals surface area contributed by atoms with Crippen molar-refractivity contribution in [3.63, 3.8) is 0 Å². The van der Waals surface area contributed by atoms with Crippen molar-refractivity contribution >= 4 is 16.1 Å². The smallest absolute Gasteiger partial charge is 1.00 e. The summed E-state index contributed by atoms with van der Waals surface area (Å²) in [4.78, 5) is 10.7. The summed E-state index contributed by atoms with van der Waals surface area (Å²) in [6, 6.07) is 0. The van der Waals surface area contributed by atoms with E-state index in [-0.39, 0.29) is 49.6 Å². The molecule has 0 aromatic carbocycles. The average Bonchev–Trinajstić information content (AvgIpc) is 1.95. The Hall–Kier alpha value is 0.120. The topological polar surface area (TPSA) is 80.7 Å². The molecule has 0 unspecified atom stereocenters. The summed E-state index contributed by atoms with van der Waals surface area (Å²) in [5, 5.41) is 0. The third-order valence-corrected chi connectivity index (χ3v) is 1.93. The number of hydrogen-bond donors (Lipinski definition) is 1. The van der Waals surface area contributed by atoms with Crippen molar-refractivity contribution in [3.8, 4) is 0 Å². The fraction of sp³-hybridized carbons (Fsp3) is 0.571. The van der Waals surface area contributed by atoms with Crippen LogP contribution in [0.5, 0.6) is 0 Å². The average molecular weight is 232 g/mol. The quantitative estimate of drug-likeness (QED) is 0.186. The Labute approximate surface area is 107 Å². The third-order valence-electron chi connectivity index (χ3n) is 1.13. The number of hydrogen-bond acceptors (Lipinski definition) is 4. The second kappa shape index (κ2) is 7.42. The minimum Gasteiger partial charge on any atom is -1.00 e. The fourth-order valence-corrected chi connectivity index (χ4v) is 1.01. The first-order valence-corrected chi connectivity index (χ1v) is 5.21. The van der Waals surface area contributed by atoms with Gasteiger partial charge < -0.3 is 6.16 Å². The molecule has 0 aromatic heterocycles. The second-order valence-corrected chi connectivity index (χ2v) is 4.13. The van der Waals surface area contributed by atoms with Crippen LogP contribution in [0.3, 0.4) is 0 Å². The van der Waals surface area contributed by atoms with Gasteiger partial charge in [-0.2, -0.15) is 8.42 Å². The maximum atomic E-state index is 10.7. The number of rotatable bonds is 5. The largest absolute Gasteiger partial charge is 1.00 e. The molecule has 78 valence electrons. The van der Waals surface area contributed by atoms with E-state index in [0.717, 1.165) is 0 Å². The second-order valence-electron chi connectivity index (χ2n) is 2.56. The van der Waals surface area contributed by atoms with Gasteiger partial charge in [-0.15, -0.1) is 0 Å². The van der Waals surface area contributed by atoms with Crippen LogP contribution in [0, 0.1) is 0 Å². The molecule has 7 heteroatoms. The van der Waals surface area contributed by atoms with E-state index in [1.165, 1.54) is 6.92 Å². The van der Waals surface area contributed by atoms with Gasteiger partial charge in [-0.05, 0) is 13.3 Å².